The van der Waals surface area contributed by atoms with Crippen LogP contribution >= 0.6 is 0 Å². The van der Waals surface area contributed by atoms with E-state index in [0.29, 0.717) is 28.4 Å². The molecule has 18 nitrogen and oxygen atoms in total. The molecular formula is C36H28N10Na2O8S2. The Morgan fingerprint density at radius 1 is 0.569 bits per heavy atom. The molecule has 22 heteroatoms. The van der Waals surface area contributed by atoms with E-state index in [1.165, 1.54) is 13.0 Å². The molecule has 58 heavy (non-hydrogen) atoms. The number of fused-ring (bicyclic) bond motifs is 1. The van der Waals surface area contributed by atoms with E-state index in [9.17, 15) is 36.2 Å². The van der Waals surface area contributed by atoms with Crippen molar-refractivity contribution in [3.8, 4) is 16.9 Å². The van der Waals surface area contributed by atoms with E-state index in [1.807, 2.05) is 0 Å². The predicted octanol–water partition coefficient (Wildman–Crippen LogP) is 1.48. The van der Waals surface area contributed by atoms with Gasteiger partial charge in [0, 0.05) is 5.69 Å². The molecule has 6 aromatic rings. The Morgan fingerprint density at radius 3 is 1.47 bits per heavy atom. The van der Waals surface area contributed by atoms with Gasteiger partial charge < -0.3 is 27.4 Å². The molecule has 0 atom stereocenters. The Hall–Kier alpha value is -5.13. The average Bonchev–Trinajstić information content (AvgIpc) is 3.13. The molecule has 0 aliphatic rings. The van der Waals surface area contributed by atoms with E-state index in [1.54, 1.807) is 78.9 Å². The number of aliphatic imine (C=N–C) groups is 1. The zero-order chi connectivity index (χ0) is 40.4. The molecule has 0 fully saturated rings. The van der Waals surface area contributed by atoms with E-state index < -0.39 is 41.5 Å². The molecule has 6 rings (SSSR count). The van der Waals surface area contributed by atoms with Gasteiger partial charge in [0.15, 0.2) is 0 Å². The maximum absolute atomic E-state index is 13.3. The zero-order valence-corrected chi connectivity index (χ0v) is 36.5. The number of nitrogens with zero attached hydrogens (tertiary/aromatic N) is 7. The van der Waals surface area contributed by atoms with Crippen LogP contribution in [0.1, 0.15) is 6.92 Å². The van der Waals surface area contributed by atoms with Crippen LogP contribution < -0.4 is 86.5 Å². The number of hydrogen-bond donors (Lipinski definition) is 5. The first-order chi connectivity index (χ1) is 26.5. The number of azo groups is 3. The Morgan fingerprint density at radius 2 is 1.02 bits per heavy atom. The Kier molecular flexibility index (Phi) is 14.6. The number of anilines is 3. The summed E-state index contributed by atoms with van der Waals surface area (Å²) in [6, 6.07) is 25.6. The summed E-state index contributed by atoms with van der Waals surface area (Å²) >= 11 is 0. The third-order valence-corrected chi connectivity index (χ3v) is 9.60. The van der Waals surface area contributed by atoms with Crippen molar-refractivity contribution in [3.05, 3.63) is 103 Å². The first kappa shape index (κ1) is 45.6. The molecule has 0 radical (unpaired) electrons. The van der Waals surface area contributed by atoms with Gasteiger partial charge >= 0.3 is 59.1 Å². The summed E-state index contributed by atoms with van der Waals surface area (Å²) in [5.74, 6) is -1.36. The fourth-order valence-electron chi connectivity index (χ4n) is 5.25. The largest absolute Gasteiger partial charge is 1.00 e. The predicted molar refractivity (Wildman–Crippen MR) is 206 cm³/mol. The second-order valence-electron chi connectivity index (χ2n) is 11.9. The fourth-order valence-corrected chi connectivity index (χ4v) is 6.45. The monoisotopic (exact) mass is 838 g/mol. The van der Waals surface area contributed by atoms with Gasteiger partial charge in [0.05, 0.1) is 44.7 Å². The van der Waals surface area contributed by atoms with Crippen LogP contribution in [0.5, 0.6) is 5.75 Å². The van der Waals surface area contributed by atoms with Crippen molar-refractivity contribution in [1.29, 1.82) is 0 Å². The third kappa shape index (κ3) is 10.9. The standard InChI is InChI=1S/C36H30N10O8S2.2Na/c1-19(47)40-23-10-12-26(13-11-23)42-45-32-18-31(28(37)17-29(32)38)44-41-24-6-2-20(3-7-24)21-4-8-25(9-5-21)43-46-35-33(56(52,53)54)15-22-14-27(55(49,50)51)16-30(39)34(22)36(35)48;;/h2-18,48H,37-39H2,1H3,(H,40,47)(H,49,50,51)(H,52,53,54);;/q;2*+1/p-2. The molecule has 0 spiro atoms. The molecule has 0 amide bonds. The van der Waals surface area contributed by atoms with E-state index >= 15 is 0 Å². The van der Waals surface area contributed by atoms with Gasteiger partial charge in [-0.05, 0) is 114 Å². The minimum atomic E-state index is -5.05. The summed E-state index contributed by atoms with van der Waals surface area (Å²) in [5, 5.41) is 48.6. The van der Waals surface area contributed by atoms with Gasteiger partial charge in [-0.2, -0.15) is 32.2 Å². The van der Waals surface area contributed by atoms with Crippen LogP contribution in [-0.2, 0) is 20.2 Å². The fraction of sp³-hybridized carbons (Fsp3) is 0.0278. The zero-order valence-electron chi connectivity index (χ0n) is 30.8. The summed E-state index contributed by atoms with van der Waals surface area (Å²) in [7, 11) is -9.81. The van der Waals surface area contributed by atoms with Crippen molar-refractivity contribution in [2.24, 2.45) is 35.7 Å². The first-order valence-corrected chi connectivity index (χ1v) is 18.8. The van der Waals surface area contributed by atoms with Crippen LogP contribution in [0.15, 0.2) is 149 Å². The topological polar surface area (TPSA) is 319 Å². The van der Waals surface area contributed by atoms with Crippen LogP contribution in [0.2, 0.25) is 0 Å². The molecule has 0 saturated carbocycles. The maximum atomic E-state index is 13.3. The van der Waals surface area contributed by atoms with E-state index in [-0.39, 0.29) is 98.5 Å². The molecule has 8 N–H and O–H groups in total. The quantitative estimate of drug-likeness (QED) is 0.0329. The SMILES string of the molecule is CC([O-])=Nc1ccc(N=Nc2cc(N=Nc3ccc(-c4ccc(N=Nc5c(S(=O)(=O)O)cc6cc(S(=O)(=O)O)cc(N)c6c5[O-])cc4)cc3)c(N)cc2N)cc1.[Na+].[Na+]. The van der Waals surface area contributed by atoms with Gasteiger partial charge in [-0.15, -0.1) is 15.3 Å². The molecule has 0 aliphatic carbocycles. The molecule has 0 heterocycles. The summed E-state index contributed by atoms with van der Waals surface area (Å²) in [6.07, 6.45) is 0. The number of nitrogens with two attached hydrogens (primary N) is 3. The van der Waals surface area contributed by atoms with Crippen LogP contribution in [0, 0.1) is 0 Å². The molecule has 0 saturated heterocycles. The second-order valence-corrected chi connectivity index (χ2v) is 14.7. The van der Waals surface area contributed by atoms with Crippen molar-refractivity contribution in [2.45, 2.75) is 16.7 Å². The normalized spacial score (nSPS) is 12.3. The number of benzene rings is 6. The smallest absolute Gasteiger partial charge is 0.870 e. The minimum Gasteiger partial charge on any atom is -0.870 e. The van der Waals surface area contributed by atoms with Gasteiger partial charge in [-0.3, -0.25) is 14.1 Å². The van der Waals surface area contributed by atoms with Gasteiger partial charge in [0.1, 0.15) is 16.3 Å². The summed E-state index contributed by atoms with van der Waals surface area (Å²) < 4.78 is 66.8. The van der Waals surface area contributed by atoms with Gasteiger partial charge in [-0.25, -0.2) is 0 Å². The minimum absolute atomic E-state index is 0. The van der Waals surface area contributed by atoms with Crippen LogP contribution in [-0.4, -0.2) is 31.8 Å². The number of hydrogen-bond acceptors (Lipinski definition) is 16. The van der Waals surface area contributed by atoms with Gasteiger partial charge in [0.25, 0.3) is 20.2 Å². The van der Waals surface area contributed by atoms with Crippen molar-refractivity contribution in [2.75, 3.05) is 17.2 Å². The van der Waals surface area contributed by atoms with E-state index in [4.69, 9.17) is 17.2 Å². The number of nitrogen functional groups attached to an aromatic ring is 3. The first-order valence-electron chi connectivity index (χ1n) is 16.0. The maximum Gasteiger partial charge on any atom is 1.00 e. The van der Waals surface area contributed by atoms with Gasteiger partial charge in [-0.1, -0.05) is 30.0 Å². The molecule has 0 aromatic heterocycles. The van der Waals surface area contributed by atoms with Crippen molar-refractivity contribution in [3.63, 3.8) is 0 Å². The van der Waals surface area contributed by atoms with Crippen molar-refractivity contribution < 1.29 is 95.3 Å². The molecule has 6 aromatic carbocycles. The van der Waals surface area contributed by atoms with Crippen LogP contribution in [0.25, 0.3) is 21.9 Å². The second kappa shape index (κ2) is 18.6. The van der Waals surface area contributed by atoms with E-state index in [2.05, 4.69) is 35.7 Å². The van der Waals surface area contributed by atoms with Crippen molar-refractivity contribution >= 4 is 93.8 Å². The summed E-state index contributed by atoms with van der Waals surface area (Å²) in [6.45, 7) is 1.36. The van der Waals surface area contributed by atoms with E-state index in [0.717, 1.165) is 29.3 Å². The number of rotatable bonds is 10. The Labute approximate surface area is 375 Å². The van der Waals surface area contributed by atoms with Crippen molar-refractivity contribution in [1.82, 2.24) is 0 Å². The molecule has 0 unspecified atom stereocenters. The molecule has 0 bridgehead atoms. The summed E-state index contributed by atoms with van der Waals surface area (Å²) in [5.41, 5.74) is 21.4. The average molecular weight is 839 g/mol. The molecule has 284 valence electrons. The summed E-state index contributed by atoms with van der Waals surface area (Å²) in [4.78, 5) is 2.22. The Balaban J connectivity index is 0.00000372. The molecular weight excluding hydrogens is 811 g/mol. The Bertz CT molecular complexity index is 2860. The van der Waals surface area contributed by atoms with Gasteiger partial charge in [0.2, 0.25) is 0 Å². The van der Waals surface area contributed by atoms with Crippen LogP contribution in [0.3, 0.4) is 0 Å². The third-order valence-electron chi connectivity index (χ3n) is 7.90. The van der Waals surface area contributed by atoms with Crippen LogP contribution in [0.4, 0.5) is 56.9 Å². The molecule has 0 aliphatic heterocycles.